The zero-order valence-corrected chi connectivity index (χ0v) is 11.2. The molecule has 4 heteroatoms. The smallest absolute Gasteiger partial charge is 0.217 e. The summed E-state index contributed by atoms with van der Waals surface area (Å²) in [5.74, 6) is -0.273. The molecule has 1 aliphatic heterocycles. The maximum Gasteiger partial charge on any atom is 0.217 e. The van der Waals surface area contributed by atoms with Crippen LogP contribution in [0.5, 0.6) is 0 Å². The number of benzene rings is 2. The summed E-state index contributed by atoms with van der Waals surface area (Å²) in [6.45, 7) is -0.128. The summed E-state index contributed by atoms with van der Waals surface area (Å²) in [4.78, 5) is 28.5. The molecule has 0 radical (unpaired) electrons. The van der Waals surface area contributed by atoms with E-state index in [4.69, 9.17) is 4.74 Å². The molecule has 21 heavy (non-hydrogen) atoms. The topological polar surface area (TPSA) is 55.7 Å². The van der Waals surface area contributed by atoms with Crippen LogP contribution in [-0.2, 0) is 9.53 Å². The largest absolute Gasteiger partial charge is 0.469 e. The molecule has 0 saturated carbocycles. The van der Waals surface area contributed by atoms with Gasteiger partial charge in [0.2, 0.25) is 11.7 Å². The molecule has 0 aromatic heterocycles. The van der Waals surface area contributed by atoms with Gasteiger partial charge in [0.25, 0.3) is 0 Å². The zero-order chi connectivity index (χ0) is 14.7. The highest BCUT2D eigenvalue weighted by Gasteiger charge is 2.32. The molecule has 1 unspecified atom stereocenters. The first kappa shape index (κ1) is 13.2. The Morgan fingerprint density at radius 2 is 1.62 bits per heavy atom. The number of Topliss-reactive ketones (excluding diaryl/α,β-unsaturated/α-hetero) is 2. The van der Waals surface area contributed by atoms with Crippen molar-refractivity contribution in [3.63, 3.8) is 0 Å². The van der Waals surface area contributed by atoms with E-state index in [0.29, 0.717) is 11.5 Å². The van der Waals surface area contributed by atoms with Gasteiger partial charge in [-0.1, -0.05) is 48.5 Å². The highest BCUT2D eigenvalue weighted by molar-refractivity contribution is 6.17. The standard InChI is InChI=1S/C17H13NO3/c19-14-11-21-17(13-9-5-2-6-10-13)18-15(14)16(20)12-7-3-1-4-8-12/h1-10,15H,11H2. The molecule has 1 heterocycles. The van der Waals surface area contributed by atoms with Gasteiger partial charge in [0, 0.05) is 11.1 Å². The molecule has 0 spiro atoms. The normalized spacial score (nSPS) is 17.8. The van der Waals surface area contributed by atoms with Crippen molar-refractivity contribution in [2.75, 3.05) is 6.61 Å². The van der Waals surface area contributed by atoms with Gasteiger partial charge in [-0.3, -0.25) is 9.59 Å². The Labute approximate surface area is 122 Å². The van der Waals surface area contributed by atoms with Gasteiger partial charge in [-0.25, -0.2) is 4.99 Å². The summed E-state index contributed by atoms with van der Waals surface area (Å²) >= 11 is 0. The molecule has 104 valence electrons. The minimum Gasteiger partial charge on any atom is -0.469 e. The summed E-state index contributed by atoms with van der Waals surface area (Å²) in [7, 11) is 0. The third-order valence-electron chi connectivity index (χ3n) is 3.23. The predicted molar refractivity (Wildman–Crippen MR) is 78.5 cm³/mol. The minimum absolute atomic E-state index is 0.128. The molecule has 0 saturated heterocycles. The Kier molecular flexibility index (Phi) is 3.60. The summed E-state index contributed by atoms with van der Waals surface area (Å²) in [5.41, 5.74) is 1.24. The van der Waals surface area contributed by atoms with E-state index < -0.39 is 6.04 Å². The SMILES string of the molecule is O=C1COC(c2ccccc2)=NC1C(=O)c1ccccc1. The Morgan fingerprint density at radius 3 is 2.29 bits per heavy atom. The molecule has 0 aliphatic carbocycles. The molecular formula is C17H13NO3. The van der Waals surface area contributed by atoms with Crippen LogP contribution in [0.4, 0.5) is 0 Å². The van der Waals surface area contributed by atoms with Crippen molar-refractivity contribution in [2.45, 2.75) is 6.04 Å². The van der Waals surface area contributed by atoms with Crippen LogP contribution < -0.4 is 0 Å². The van der Waals surface area contributed by atoms with Crippen LogP contribution in [-0.4, -0.2) is 30.1 Å². The Morgan fingerprint density at radius 1 is 1.00 bits per heavy atom. The van der Waals surface area contributed by atoms with Gasteiger partial charge in [0.15, 0.2) is 18.4 Å². The molecule has 2 aromatic carbocycles. The summed E-state index contributed by atoms with van der Waals surface area (Å²) < 4.78 is 5.34. The lowest BCUT2D eigenvalue weighted by Crippen LogP contribution is -2.37. The Balaban J connectivity index is 1.93. The monoisotopic (exact) mass is 279 g/mol. The van der Waals surface area contributed by atoms with E-state index in [0.717, 1.165) is 5.56 Å². The molecule has 1 atom stereocenters. The van der Waals surface area contributed by atoms with Crippen molar-refractivity contribution in [1.82, 2.24) is 0 Å². The van der Waals surface area contributed by atoms with Crippen LogP contribution in [0.2, 0.25) is 0 Å². The van der Waals surface area contributed by atoms with E-state index in [9.17, 15) is 9.59 Å². The van der Waals surface area contributed by atoms with Crippen molar-refractivity contribution in [1.29, 1.82) is 0 Å². The van der Waals surface area contributed by atoms with Gasteiger partial charge in [0.1, 0.15) is 0 Å². The van der Waals surface area contributed by atoms with E-state index in [1.165, 1.54) is 0 Å². The molecule has 0 amide bonds. The lowest BCUT2D eigenvalue weighted by Gasteiger charge is -2.19. The van der Waals surface area contributed by atoms with Crippen LogP contribution in [0.25, 0.3) is 0 Å². The van der Waals surface area contributed by atoms with Crippen LogP contribution in [0.3, 0.4) is 0 Å². The van der Waals surface area contributed by atoms with Crippen LogP contribution in [0, 0.1) is 0 Å². The van der Waals surface area contributed by atoms with Gasteiger partial charge >= 0.3 is 0 Å². The summed E-state index contributed by atoms with van der Waals surface area (Å²) in [6.07, 6.45) is 0. The third kappa shape index (κ3) is 2.74. The number of carbonyl (C=O) groups is 2. The number of rotatable bonds is 3. The van der Waals surface area contributed by atoms with E-state index in [1.54, 1.807) is 24.3 Å². The van der Waals surface area contributed by atoms with E-state index in [-0.39, 0.29) is 18.2 Å². The Bertz CT molecular complexity index is 692. The quantitative estimate of drug-likeness (QED) is 0.640. The molecule has 2 aromatic rings. The first-order valence-electron chi connectivity index (χ1n) is 6.64. The summed E-state index contributed by atoms with van der Waals surface area (Å²) in [6, 6.07) is 16.9. The first-order chi connectivity index (χ1) is 10.3. The zero-order valence-electron chi connectivity index (χ0n) is 11.2. The van der Waals surface area contributed by atoms with Gasteiger partial charge in [-0.2, -0.15) is 0 Å². The number of ether oxygens (including phenoxy) is 1. The molecule has 4 nitrogen and oxygen atoms in total. The van der Waals surface area contributed by atoms with Crippen LogP contribution >= 0.6 is 0 Å². The fourth-order valence-corrected chi connectivity index (χ4v) is 2.15. The maximum absolute atomic E-state index is 12.4. The molecule has 0 fully saturated rings. The van der Waals surface area contributed by atoms with Gasteiger partial charge in [0.05, 0.1) is 0 Å². The lowest BCUT2D eigenvalue weighted by atomic mass is 10.0. The minimum atomic E-state index is -1.02. The maximum atomic E-state index is 12.4. The highest BCUT2D eigenvalue weighted by atomic mass is 16.5. The van der Waals surface area contributed by atoms with Crippen LogP contribution in [0.1, 0.15) is 15.9 Å². The van der Waals surface area contributed by atoms with Gasteiger partial charge in [-0.05, 0) is 12.1 Å². The van der Waals surface area contributed by atoms with Crippen molar-refractivity contribution in [3.05, 3.63) is 71.8 Å². The molecular weight excluding hydrogens is 266 g/mol. The molecule has 3 rings (SSSR count). The molecule has 1 aliphatic rings. The average Bonchev–Trinajstić information content (AvgIpc) is 2.56. The second kappa shape index (κ2) is 5.71. The number of nitrogens with zero attached hydrogens (tertiary/aromatic N) is 1. The van der Waals surface area contributed by atoms with E-state index in [1.807, 2.05) is 36.4 Å². The Hall–Kier alpha value is -2.75. The van der Waals surface area contributed by atoms with Crippen molar-refractivity contribution >= 4 is 17.5 Å². The number of hydrogen-bond acceptors (Lipinski definition) is 4. The van der Waals surface area contributed by atoms with E-state index >= 15 is 0 Å². The first-order valence-corrected chi connectivity index (χ1v) is 6.64. The van der Waals surface area contributed by atoms with Gasteiger partial charge < -0.3 is 4.74 Å². The fraction of sp³-hybridized carbons (Fsp3) is 0.118. The number of aliphatic imine (C=N–C) groups is 1. The lowest BCUT2D eigenvalue weighted by molar-refractivity contribution is -0.122. The second-order valence-electron chi connectivity index (χ2n) is 4.69. The second-order valence-corrected chi connectivity index (χ2v) is 4.69. The third-order valence-corrected chi connectivity index (χ3v) is 3.23. The fourth-order valence-electron chi connectivity index (χ4n) is 2.15. The van der Waals surface area contributed by atoms with Crippen molar-refractivity contribution in [2.24, 2.45) is 4.99 Å². The number of ketones is 2. The highest BCUT2D eigenvalue weighted by Crippen LogP contribution is 2.14. The van der Waals surface area contributed by atoms with Gasteiger partial charge in [-0.15, -0.1) is 0 Å². The van der Waals surface area contributed by atoms with E-state index in [2.05, 4.69) is 4.99 Å². The van der Waals surface area contributed by atoms with Crippen molar-refractivity contribution < 1.29 is 14.3 Å². The number of hydrogen-bond donors (Lipinski definition) is 0. The average molecular weight is 279 g/mol. The number of carbonyl (C=O) groups excluding carboxylic acids is 2. The van der Waals surface area contributed by atoms with Crippen molar-refractivity contribution in [3.8, 4) is 0 Å². The predicted octanol–water partition coefficient (Wildman–Crippen LogP) is 2.28. The molecule has 0 bridgehead atoms. The molecule has 0 N–H and O–H groups in total. The van der Waals surface area contributed by atoms with Crippen LogP contribution in [0.15, 0.2) is 65.7 Å². The summed E-state index contributed by atoms with van der Waals surface area (Å²) in [5, 5.41) is 0.